The van der Waals surface area contributed by atoms with Crippen molar-refractivity contribution in [2.45, 2.75) is 6.42 Å². The third-order valence-electron chi connectivity index (χ3n) is 3.25. The summed E-state index contributed by atoms with van der Waals surface area (Å²) in [6, 6.07) is 2.36. The number of anilines is 1. The molecule has 0 spiro atoms. The van der Waals surface area contributed by atoms with E-state index in [-0.39, 0.29) is 30.1 Å². The third-order valence-corrected chi connectivity index (χ3v) is 3.25. The molecule has 0 radical (unpaired) electrons. The van der Waals surface area contributed by atoms with Crippen molar-refractivity contribution < 1.29 is 19.6 Å². The zero-order chi connectivity index (χ0) is 20.7. The molecule has 0 atom stereocenters. The Kier molecular flexibility index (Phi) is 6.40. The van der Waals surface area contributed by atoms with Gasteiger partial charge in [0.15, 0.2) is 5.75 Å². The summed E-state index contributed by atoms with van der Waals surface area (Å²) in [6.07, 6.45) is 1.05. The molecule has 1 aromatic carbocycles. The van der Waals surface area contributed by atoms with E-state index in [1.165, 1.54) is 13.2 Å². The molecule has 28 heavy (non-hydrogen) atoms. The number of aromatic hydroxyl groups is 1. The number of phenolic OH excluding ortho intramolecular Hbond substituents is 1. The number of methoxy groups -OCH3 is 1. The maximum atomic E-state index is 11.7. The predicted molar refractivity (Wildman–Crippen MR) is 95.6 cm³/mol. The van der Waals surface area contributed by atoms with Crippen molar-refractivity contribution in [3.8, 4) is 11.5 Å². The van der Waals surface area contributed by atoms with Crippen molar-refractivity contribution in [3.63, 3.8) is 0 Å². The average molecular weight is 393 g/mol. The summed E-state index contributed by atoms with van der Waals surface area (Å²) in [5, 5.41) is 32.3. The zero-order valence-electron chi connectivity index (χ0n) is 14.4. The number of aromatic nitrogens is 3. The molecule has 0 aliphatic heterocycles. The second kappa shape index (κ2) is 8.93. The molecule has 0 unspecified atom stereocenters. The number of phenols is 1. The van der Waals surface area contributed by atoms with E-state index in [9.17, 15) is 29.6 Å². The Morgan fingerprint density at radius 2 is 2.21 bits per heavy atom. The lowest BCUT2D eigenvalue weighted by Crippen LogP contribution is -2.28. The van der Waals surface area contributed by atoms with Crippen LogP contribution >= 0.6 is 0 Å². The summed E-state index contributed by atoms with van der Waals surface area (Å²) in [7, 11) is 1.23. The number of nitrogens with zero attached hydrogens (tertiary/aromatic N) is 3. The van der Waals surface area contributed by atoms with Crippen molar-refractivity contribution in [2.24, 2.45) is 5.10 Å². The second-order valence-electron chi connectivity index (χ2n) is 5.17. The number of carbonyl (C=O) groups is 1. The van der Waals surface area contributed by atoms with Crippen molar-refractivity contribution in [3.05, 3.63) is 48.6 Å². The van der Waals surface area contributed by atoms with Gasteiger partial charge in [-0.1, -0.05) is 0 Å². The Hall–Kier alpha value is -4.23. The van der Waals surface area contributed by atoms with E-state index < -0.39 is 33.5 Å². The van der Waals surface area contributed by atoms with Gasteiger partial charge in [-0.05, 0) is 6.07 Å². The SMILES string of the molecule is COc1cc(/C=N\NC(=O)CCNc2n[nH]c(=O)[nH]c2=O)cc([N+](=O)[O-])c1O. The standard InChI is InChI=1S/C14H15N7O7/c1-28-9-5-7(4-8(11(9)23)21(26)27)6-16-18-10(22)2-3-15-12-13(24)17-14(25)20-19-12/h4-6,23H,2-3H2,1H3,(H,15,19)(H,18,22)(H2,17,20,24,25)/b16-6-. The van der Waals surface area contributed by atoms with Crippen molar-refractivity contribution in [1.29, 1.82) is 0 Å². The molecule has 0 saturated carbocycles. The van der Waals surface area contributed by atoms with E-state index in [0.29, 0.717) is 0 Å². The number of aromatic amines is 2. The molecule has 1 aromatic heterocycles. The van der Waals surface area contributed by atoms with E-state index in [1.54, 1.807) is 0 Å². The van der Waals surface area contributed by atoms with E-state index in [1.807, 2.05) is 10.1 Å². The minimum absolute atomic E-state index is 0.0297. The number of hydrogen-bond acceptors (Lipinski definition) is 10. The number of benzene rings is 1. The summed E-state index contributed by atoms with van der Waals surface area (Å²) >= 11 is 0. The van der Waals surface area contributed by atoms with Gasteiger partial charge in [-0.15, -0.1) is 5.10 Å². The molecule has 5 N–H and O–H groups in total. The first-order chi connectivity index (χ1) is 13.3. The topological polar surface area (TPSA) is 205 Å². The fraction of sp³-hybridized carbons (Fsp3) is 0.214. The van der Waals surface area contributed by atoms with Crippen LogP contribution in [0.15, 0.2) is 26.8 Å². The lowest BCUT2D eigenvalue weighted by molar-refractivity contribution is -0.386. The van der Waals surface area contributed by atoms with E-state index in [4.69, 9.17) is 4.74 Å². The fourth-order valence-corrected chi connectivity index (χ4v) is 1.98. The second-order valence-corrected chi connectivity index (χ2v) is 5.17. The maximum absolute atomic E-state index is 11.7. The number of H-pyrrole nitrogens is 2. The van der Waals surface area contributed by atoms with Crippen molar-refractivity contribution in [1.82, 2.24) is 20.6 Å². The molecule has 0 bridgehead atoms. The first-order valence-electron chi connectivity index (χ1n) is 7.62. The molecule has 1 amide bonds. The summed E-state index contributed by atoms with van der Waals surface area (Å²) in [4.78, 5) is 46.0. The highest BCUT2D eigenvalue weighted by Gasteiger charge is 2.19. The Morgan fingerprint density at radius 1 is 1.46 bits per heavy atom. The van der Waals surface area contributed by atoms with Gasteiger partial charge in [0.1, 0.15) is 0 Å². The highest BCUT2D eigenvalue weighted by molar-refractivity contribution is 5.85. The van der Waals surface area contributed by atoms with Crippen molar-refractivity contribution in [2.75, 3.05) is 19.0 Å². The first kappa shape index (κ1) is 20.1. The van der Waals surface area contributed by atoms with E-state index in [2.05, 4.69) is 20.9 Å². The van der Waals surface area contributed by atoms with Crippen LogP contribution < -0.4 is 26.7 Å². The van der Waals surface area contributed by atoms with Crippen LogP contribution in [0.4, 0.5) is 11.5 Å². The smallest absolute Gasteiger partial charge is 0.342 e. The molecule has 14 heteroatoms. The van der Waals surface area contributed by atoms with Gasteiger partial charge in [-0.25, -0.2) is 15.3 Å². The van der Waals surface area contributed by atoms with Gasteiger partial charge in [-0.2, -0.15) is 5.10 Å². The molecule has 0 aliphatic rings. The van der Waals surface area contributed by atoms with E-state index >= 15 is 0 Å². The summed E-state index contributed by atoms with van der Waals surface area (Å²) < 4.78 is 4.85. The van der Waals surface area contributed by atoms with Gasteiger partial charge in [-0.3, -0.25) is 24.7 Å². The van der Waals surface area contributed by atoms with Crippen LogP contribution in [0.2, 0.25) is 0 Å². The number of hydrazone groups is 1. The molecular formula is C14H15N7O7. The highest BCUT2D eigenvalue weighted by Crippen LogP contribution is 2.36. The summed E-state index contributed by atoms with van der Waals surface area (Å²) in [5.41, 5.74) is 0.346. The monoisotopic (exact) mass is 393 g/mol. The Bertz CT molecular complexity index is 1030. The number of amides is 1. The summed E-state index contributed by atoms with van der Waals surface area (Å²) in [6.45, 7) is 0.0297. The predicted octanol–water partition coefficient (Wildman–Crippen LogP) is -0.967. The number of ether oxygens (including phenoxy) is 1. The van der Waals surface area contributed by atoms with Gasteiger partial charge in [0.05, 0.1) is 18.2 Å². The normalized spacial score (nSPS) is 10.6. The number of nitro benzene ring substituents is 1. The maximum Gasteiger partial charge on any atom is 0.342 e. The largest absolute Gasteiger partial charge is 0.500 e. The van der Waals surface area contributed by atoms with Crippen LogP contribution in [0.3, 0.4) is 0 Å². The Labute approximate surface area is 155 Å². The molecule has 2 aromatic rings. The van der Waals surface area contributed by atoms with Gasteiger partial charge < -0.3 is 15.2 Å². The molecule has 2 rings (SSSR count). The third kappa shape index (κ3) is 5.13. The van der Waals surface area contributed by atoms with Crippen LogP contribution in [0.25, 0.3) is 0 Å². The number of hydrogen-bond donors (Lipinski definition) is 5. The van der Waals surface area contributed by atoms with E-state index in [0.717, 1.165) is 12.3 Å². The van der Waals surface area contributed by atoms with Gasteiger partial charge in [0.25, 0.3) is 5.56 Å². The minimum Gasteiger partial charge on any atom is -0.500 e. The van der Waals surface area contributed by atoms with Gasteiger partial charge in [0, 0.05) is 24.6 Å². The molecule has 14 nitrogen and oxygen atoms in total. The summed E-state index contributed by atoms with van der Waals surface area (Å²) in [5.74, 6) is -1.42. The van der Waals surface area contributed by atoms with Crippen LogP contribution in [-0.4, -0.2) is 51.0 Å². The molecule has 148 valence electrons. The van der Waals surface area contributed by atoms with Gasteiger partial charge >= 0.3 is 11.4 Å². The van der Waals surface area contributed by atoms with Crippen LogP contribution in [-0.2, 0) is 4.79 Å². The highest BCUT2D eigenvalue weighted by atomic mass is 16.6. The zero-order valence-corrected chi connectivity index (χ0v) is 14.4. The van der Waals surface area contributed by atoms with Gasteiger partial charge in [0.2, 0.25) is 17.5 Å². The molecule has 0 aliphatic carbocycles. The quantitative estimate of drug-likeness (QED) is 0.212. The lowest BCUT2D eigenvalue weighted by atomic mass is 10.2. The minimum atomic E-state index is -0.786. The van der Waals surface area contributed by atoms with Crippen LogP contribution in [0.5, 0.6) is 11.5 Å². The Balaban J connectivity index is 1.92. The molecular weight excluding hydrogens is 378 g/mol. The Morgan fingerprint density at radius 3 is 2.86 bits per heavy atom. The molecule has 1 heterocycles. The number of carbonyl (C=O) groups excluding carboxylic acids is 1. The average Bonchev–Trinajstić information content (AvgIpc) is 2.64. The number of nitrogens with one attached hydrogen (secondary N) is 4. The molecule has 0 fully saturated rings. The fourth-order valence-electron chi connectivity index (χ4n) is 1.98. The lowest BCUT2D eigenvalue weighted by Gasteiger charge is -2.05. The van der Waals surface area contributed by atoms with Crippen LogP contribution in [0, 0.1) is 10.1 Å². The van der Waals surface area contributed by atoms with Crippen LogP contribution in [0.1, 0.15) is 12.0 Å². The molecule has 0 saturated heterocycles. The number of nitro groups is 1. The first-order valence-corrected chi connectivity index (χ1v) is 7.62. The van der Waals surface area contributed by atoms with Crippen molar-refractivity contribution >= 4 is 23.6 Å². The number of rotatable bonds is 8.